The lowest BCUT2D eigenvalue weighted by molar-refractivity contribution is -0.137. The molecular weight excluding hydrogens is 418 g/mol. The van der Waals surface area contributed by atoms with Crippen LogP contribution in [0.4, 0.5) is 0 Å². The molecule has 2 amide bonds. The average molecular weight is 448 g/mol. The second-order valence-electron chi connectivity index (χ2n) is 9.35. The molecule has 0 bridgehead atoms. The number of para-hydroxylation sites is 1. The molecule has 2 unspecified atom stereocenters. The molecule has 4 heterocycles. The van der Waals surface area contributed by atoms with Crippen LogP contribution < -0.4 is 0 Å². The van der Waals surface area contributed by atoms with Crippen molar-refractivity contribution in [1.29, 1.82) is 0 Å². The van der Waals surface area contributed by atoms with Crippen LogP contribution in [-0.4, -0.2) is 45.8 Å². The molecule has 2 aliphatic heterocycles. The highest BCUT2D eigenvalue weighted by Crippen LogP contribution is 2.36. The van der Waals surface area contributed by atoms with Crippen LogP contribution >= 0.6 is 11.3 Å². The Morgan fingerprint density at radius 2 is 1.75 bits per heavy atom. The van der Waals surface area contributed by atoms with Crippen molar-refractivity contribution in [2.75, 3.05) is 19.6 Å². The highest BCUT2D eigenvalue weighted by Gasteiger charge is 2.43. The first-order valence-electron chi connectivity index (χ1n) is 11.4. The van der Waals surface area contributed by atoms with Crippen molar-refractivity contribution in [2.24, 2.45) is 18.9 Å². The molecule has 0 saturated carbocycles. The molecule has 0 radical (unpaired) electrons. The quantitative estimate of drug-likeness (QED) is 0.540. The summed E-state index contributed by atoms with van der Waals surface area (Å²) in [4.78, 5) is 31.7. The second-order valence-corrected chi connectivity index (χ2v) is 10.3. The summed E-state index contributed by atoms with van der Waals surface area (Å²) < 4.78 is 2.11. The first kappa shape index (κ1) is 21.0. The maximum atomic E-state index is 13.6. The monoisotopic (exact) mass is 447 g/mol. The maximum absolute atomic E-state index is 13.6. The number of hydrogen-bond donors (Lipinski definition) is 0. The van der Waals surface area contributed by atoms with E-state index in [4.69, 9.17) is 0 Å². The lowest BCUT2D eigenvalue weighted by Crippen LogP contribution is -2.42. The van der Waals surface area contributed by atoms with Crippen molar-refractivity contribution in [2.45, 2.75) is 26.7 Å². The predicted octanol–water partition coefficient (Wildman–Crippen LogP) is 4.54. The van der Waals surface area contributed by atoms with Gasteiger partial charge in [0, 0.05) is 48.7 Å². The van der Waals surface area contributed by atoms with E-state index in [0.717, 1.165) is 35.5 Å². The Labute approximate surface area is 192 Å². The number of imide groups is 1. The Hall–Kier alpha value is -2.86. The fourth-order valence-electron chi connectivity index (χ4n) is 5.41. The number of thiophene rings is 1. The average Bonchev–Trinajstić information content (AvgIpc) is 3.45. The molecule has 2 atom stereocenters. The van der Waals surface area contributed by atoms with Gasteiger partial charge >= 0.3 is 0 Å². The van der Waals surface area contributed by atoms with Gasteiger partial charge in [-0.2, -0.15) is 0 Å². The van der Waals surface area contributed by atoms with Crippen molar-refractivity contribution in [1.82, 2.24) is 14.4 Å². The van der Waals surface area contributed by atoms with Gasteiger partial charge in [-0.3, -0.25) is 14.5 Å². The largest absolute Gasteiger partial charge is 0.366 e. The summed E-state index contributed by atoms with van der Waals surface area (Å²) in [6.45, 7) is 6.50. The molecule has 1 saturated heterocycles. The van der Waals surface area contributed by atoms with Gasteiger partial charge in [0.2, 0.25) is 0 Å². The Morgan fingerprint density at radius 3 is 2.47 bits per heavy atom. The molecule has 2 aromatic heterocycles. The zero-order valence-electron chi connectivity index (χ0n) is 18.9. The molecular formula is C26H29N3O2S. The van der Waals surface area contributed by atoms with Gasteiger partial charge in [-0.15, -0.1) is 11.3 Å². The second kappa shape index (κ2) is 8.24. The molecule has 1 aromatic carbocycles. The number of hydrogen-bond acceptors (Lipinski definition) is 4. The molecule has 5 nitrogen and oxygen atoms in total. The summed E-state index contributed by atoms with van der Waals surface area (Å²) in [6, 6.07) is 12.2. The number of likely N-dealkylation sites (tertiary alicyclic amines) is 1. The summed E-state index contributed by atoms with van der Waals surface area (Å²) in [5.74, 6) is 0.713. The lowest BCUT2D eigenvalue weighted by Gasteiger charge is -2.37. The standard InChI is InChI=1S/C26H29N3O2S/c1-17-13-18(2)15-28(14-17)24-23(22-9-6-12-32-22)25(30)29(26(24)31)11-10-19-16-27(3)21-8-5-4-7-20(19)21/h4-9,12,16-18H,10-11,13-15H2,1-3H3. The van der Waals surface area contributed by atoms with E-state index in [9.17, 15) is 9.59 Å². The summed E-state index contributed by atoms with van der Waals surface area (Å²) in [5.41, 5.74) is 3.52. The van der Waals surface area contributed by atoms with Crippen LogP contribution in [0.5, 0.6) is 0 Å². The van der Waals surface area contributed by atoms with Crippen LogP contribution in [0.15, 0.2) is 53.7 Å². The minimum atomic E-state index is -0.154. The number of piperidine rings is 1. The molecule has 0 N–H and O–H groups in total. The number of aromatic nitrogens is 1. The van der Waals surface area contributed by atoms with Crippen LogP contribution in [0.25, 0.3) is 16.5 Å². The number of nitrogens with zero attached hydrogens (tertiary/aromatic N) is 3. The van der Waals surface area contributed by atoms with Crippen LogP contribution in [0.1, 0.15) is 30.7 Å². The molecule has 1 fully saturated rings. The van der Waals surface area contributed by atoms with Gasteiger partial charge in [-0.25, -0.2) is 0 Å². The zero-order chi connectivity index (χ0) is 22.4. The maximum Gasteiger partial charge on any atom is 0.277 e. The van der Waals surface area contributed by atoms with E-state index in [1.54, 1.807) is 0 Å². The third-order valence-corrected chi connectivity index (χ3v) is 7.57. The molecule has 0 spiro atoms. The Kier molecular flexibility index (Phi) is 5.41. The van der Waals surface area contributed by atoms with E-state index in [1.165, 1.54) is 21.6 Å². The van der Waals surface area contributed by atoms with Gasteiger partial charge < -0.3 is 9.47 Å². The van der Waals surface area contributed by atoms with E-state index in [-0.39, 0.29) is 11.8 Å². The summed E-state index contributed by atoms with van der Waals surface area (Å²) in [5, 5.41) is 3.15. The van der Waals surface area contributed by atoms with Gasteiger partial charge in [0.05, 0.1) is 5.57 Å². The number of fused-ring (bicyclic) bond motifs is 1. The molecule has 166 valence electrons. The highest BCUT2D eigenvalue weighted by atomic mass is 32.1. The minimum Gasteiger partial charge on any atom is -0.366 e. The van der Waals surface area contributed by atoms with Gasteiger partial charge in [0.1, 0.15) is 5.70 Å². The molecule has 6 heteroatoms. The van der Waals surface area contributed by atoms with E-state index < -0.39 is 0 Å². The summed E-state index contributed by atoms with van der Waals surface area (Å²) in [6.07, 6.45) is 3.92. The van der Waals surface area contributed by atoms with Crippen LogP contribution in [0.3, 0.4) is 0 Å². The van der Waals surface area contributed by atoms with Crippen molar-refractivity contribution in [3.8, 4) is 0 Å². The van der Waals surface area contributed by atoms with Crippen molar-refractivity contribution in [3.05, 3.63) is 64.1 Å². The SMILES string of the molecule is CC1CC(C)CN(C2=C(c3cccs3)C(=O)N(CCc3cn(C)c4ccccc34)C2=O)C1. The topological polar surface area (TPSA) is 45.6 Å². The Bertz CT molecular complexity index is 1200. The van der Waals surface area contributed by atoms with E-state index in [0.29, 0.717) is 36.1 Å². The summed E-state index contributed by atoms with van der Waals surface area (Å²) >= 11 is 1.53. The van der Waals surface area contributed by atoms with Crippen LogP contribution in [-0.2, 0) is 23.1 Å². The fraction of sp³-hybridized carbons (Fsp3) is 0.385. The van der Waals surface area contributed by atoms with E-state index >= 15 is 0 Å². The van der Waals surface area contributed by atoms with Crippen molar-refractivity contribution in [3.63, 3.8) is 0 Å². The minimum absolute atomic E-state index is 0.139. The third kappa shape index (κ3) is 3.56. The summed E-state index contributed by atoms with van der Waals surface area (Å²) in [7, 11) is 2.03. The predicted molar refractivity (Wildman–Crippen MR) is 129 cm³/mol. The Morgan fingerprint density at radius 1 is 1.00 bits per heavy atom. The van der Waals surface area contributed by atoms with Crippen molar-refractivity contribution >= 4 is 39.6 Å². The lowest BCUT2D eigenvalue weighted by atomic mass is 9.91. The fourth-order valence-corrected chi connectivity index (χ4v) is 6.17. The molecule has 0 aliphatic carbocycles. The van der Waals surface area contributed by atoms with Gasteiger partial charge in [0.15, 0.2) is 0 Å². The van der Waals surface area contributed by atoms with Crippen molar-refractivity contribution < 1.29 is 9.59 Å². The zero-order valence-corrected chi connectivity index (χ0v) is 19.7. The first-order chi connectivity index (χ1) is 15.4. The molecule has 5 rings (SSSR count). The first-order valence-corrected chi connectivity index (χ1v) is 12.2. The number of carbonyl (C=O) groups is 2. The molecule has 2 aliphatic rings. The van der Waals surface area contributed by atoms with Crippen LogP contribution in [0.2, 0.25) is 0 Å². The number of carbonyl (C=O) groups excluding carboxylic acids is 2. The number of benzene rings is 1. The van der Waals surface area contributed by atoms with Gasteiger partial charge in [0.25, 0.3) is 11.8 Å². The van der Waals surface area contributed by atoms with Gasteiger partial charge in [-0.1, -0.05) is 38.1 Å². The van der Waals surface area contributed by atoms with E-state index in [2.05, 4.69) is 41.6 Å². The van der Waals surface area contributed by atoms with Crippen LogP contribution in [0, 0.1) is 11.8 Å². The third-order valence-electron chi connectivity index (χ3n) is 6.68. The highest BCUT2D eigenvalue weighted by molar-refractivity contribution is 7.11. The smallest absolute Gasteiger partial charge is 0.277 e. The Balaban J connectivity index is 1.45. The molecule has 32 heavy (non-hydrogen) atoms. The molecule has 3 aromatic rings. The van der Waals surface area contributed by atoms with Gasteiger partial charge in [-0.05, 0) is 47.8 Å². The number of amides is 2. The normalized spacial score (nSPS) is 22.0. The number of aryl methyl sites for hydroxylation is 1. The number of rotatable bonds is 5. The van der Waals surface area contributed by atoms with E-state index in [1.807, 2.05) is 36.7 Å².